The van der Waals surface area contributed by atoms with Gasteiger partial charge in [-0.15, -0.1) is 0 Å². The van der Waals surface area contributed by atoms with Gasteiger partial charge >= 0.3 is 5.69 Å². The molecule has 0 bridgehead atoms. The number of nitrogens with zero attached hydrogens (tertiary/aromatic N) is 2. The van der Waals surface area contributed by atoms with Gasteiger partial charge < -0.3 is 15.3 Å². The number of rotatable bonds is 6. The highest BCUT2D eigenvalue weighted by Gasteiger charge is 2.37. The number of para-hydroxylation sites is 2. The largest absolute Gasteiger partial charge is 0.508 e. The molecule has 9 heteroatoms. The van der Waals surface area contributed by atoms with E-state index in [1.165, 1.54) is 24.3 Å². The first-order valence-electron chi connectivity index (χ1n) is 10.3. The maximum Gasteiger partial charge on any atom is 0.428 e. The molecule has 0 saturated carbocycles. The first-order valence-corrected chi connectivity index (χ1v) is 11.7. The van der Waals surface area contributed by atoms with Crippen LogP contribution in [-0.4, -0.2) is 30.3 Å². The van der Waals surface area contributed by atoms with Gasteiger partial charge in [0, 0.05) is 27.3 Å². The Labute approximate surface area is 196 Å². The van der Waals surface area contributed by atoms with E-state index in [0.717, 1.165) is 6.07 Å². The lowest BCUT2D eigenvalue weighted by atomic mass is 9.76. The van der Waals surface area contributed by atoms with Gasteiger partial charge in [0.05, 0.1) is 12.7 Å². The number of hydrogen-bond acceptors (Lipinski definition) is 7. The van der Waals surface area contributed by atoms with Crippen LogP contribution in [0.15, 0.2) is 83.8 Å². The number of fused-ring (bicyclic) bond motifs is 1. The second-order valence-electron chi connectivity index (χ2n) is 7.97. The summed E-state index contributed by atoms with van der Waals surface area (Å²) in [6.45, 7) is 1.18. The topological polar surface area (TPSA) is 132 Å². The molecule has 4 aromatic carbocycles. The van der Waals surface area contributed by atoms with Gasteiger partial charge in [0.2, 0.25) is 11.1 Å². The monoisotopic (exact) mass is 477 g/mol. The minimum absolute atomic E-state index is 0.0919. The molecule has 0 aliphatic carbocycles. The Morgan fingerprint density at radius 2 is 1.35 bits per heavy atom. The van der Waals surface area contributed by atoms with E-state index in [1.54, 1.807) is 55.5 Å². The quantitative estimate of drug-likeness (QED) is 0.258. The van der Waals surface area contributed by atoms with Crippen molar-refractivity contribution in [2.24, 2.45) is 0 Å². The lowest BCUT2D eigenvalue weighted by Gasteiger charge is -2.31. The van der Waals surface area contributed by atoms with E-state index >= 15 is 0 Å². The number of hydrogen-bond donors (Lipinski definition) is 3. The number of diazo groups is 1. The van der Waals surface area contributed by atoms with Crippen LogP contribution in [0.25, 0.3) is 15.7 Å². The highest BCUT2D eigenvalue weighted by molar-refractivity contribution is 7.87. The van der Waals surface area contributed by atoms with Crippen LogP contribution in [0.5, 0.6) is 17.2 Å². The zero-order valence-electron chi connectivity index (χ0n) is 18.1. The van der Waals surface area contributed by atoms with E-state index in [1.807, 2.05) is 0 Å². The lowest BCUT2D eigenvalue weighted by Crippen LogP contribution is -2.31. The standard InChI is InChI=1S/C25H20N2O6S/c1-25(18-10-4-6-12-21(18)28,19-11-5-7-13-22(19)29)15-33-34(31,32)23-14-20(27-26)24(30)17-9-3-2-8-16(17)23/h2-14H,15H2,1H3,(H2-,28,29,30)/p+1. The molecule has 3 N–H and O–H groups in total. The van der Waals surface area contributed by atoms with Crippen LogP contribution in [-0.2, 0) is 19.7 Å². The van der Waals surface area contributed by atoms with Crippen LogP contribution in [0.3, 0.4) is 0 Å². The molecule has 0 atom stereocenters. The zero-order chi connectivity index (χ0) is 24.5. The molecule has 0 amide bonds. The number of benzene rings is 4. The summed E-state index contributed by atoms with van der Waals surface area (Å²) < 4.78 is 32.2. The van der Waals surface area contributed by atoms with Crippen molar-refractivity contribution in [3.05, 3.63) is 95.0 Å². The van der Waals surface area contributed by atoms with E-state index in [4.69, 9.17) is 4.18 Å². The fourth-order valence-corrected chi connectivity index (χ4v) is 5.26. The summed E-state index contributed by atoms with van der Waals surface area (Å²) >= 11 is 0. The predicted octanol–water partition coefficient (Wildman–Crippen LogP) is 5.15. The van der Waals surface area contributed by atoms with Gasteiger partial charge in [0.15, 0.2) is 4.98 Å². The molecule has 0 saturated heterocycles. The molecular formula is C25H21N2O6S+. The van der Waals surface area contributed by atoms with Crippen LogP contribution in [0, 0.1) is 5.39 Å². The molecule has 0 spiro atoms. The number of aromatic hydroxyl groups is 3. The van der Waals surface area contributed by atoms with Gasteiger partial charge in [-0.3, -0.25) is 4.18 Å². The summed E-state index contributed by atoms with van der Waals surface area (Å²) in [6.07, 6.45) is 0. The molecule has 34 heavy (non-hydrogen) atoms. The van der Waals surface area contributed by atoms with Crippen LogP contribution < -0.4 is 0 Å². The minimum atomic E-state index is -4.46. The molecule has 0 heterocycles. The molecule has 4 aromatic rings. The minimum Gasteiger partial charge on any atom is -0.508 e. The van der Waals surface area contributed by atoms with Crippen molar-refractivity contribution in [1.29, 1.82) is 5.39 Å². The van der Waals surface area contributed by atoms with E-state index < -0.39 is 22.1 Å². The van der Waals surface area contributed by atoms with Gasteiger partial charge in [0.1, 0.15) is 16.4 Å². The summed E-state index contributed by atoms with van der Waals surface area (Å²) in [5, 5.41) is 41.0. The van der Waals surface area contributed by atoms with Gasteiger partial charge in [-0.2, -0.15) is 8.42 Å². The van der Waals surface area contributed by atoms with Crippen molar-refractivity contribution in [3.8, 4) is 17.2 Å². The Morgan fingerprint density at radius 1 is 0.853 bits per heavy atom. The van der Waals surface area contributed by atoms with Crippen molar-refractivity contribution in [3.63, 3.8) is 0 Å². The average Bonchev–Trinajstić information content (AvgIpc) is 2.83. The molecule has 0 aliphatic rings. The first kappa shape index (κ1) is 23.0. The fraction of sp³-hybridized carbons (Fsp3) is 0.120. The molecule has 8 nitrogen and oxygen atoms in total. The zero-order valence-corrected chi connectivity index (χ0v) is 18.9. The van der Waals surface area contributed by atoms with E-state index in [-0.39, 0.29) is 38.6 Å². The van der Waals surface area contributed by atoms with Crippen molar-refractivity contribution < 1.29 is 27.9 Å². The van der Waals surface area contributed by atoms with Crippen LogP contribution >= 0.6 is 0 Å². The molecule has 172 valence electrons. The van der Waals surface area contributed by atoms with Gasteiger partial charge in [-0.25, -0.2) is 0 Å². The van der Waals surface area contributed by atoms with E-state index in [2.05, 4.69) is 4.98 Å². The summed E-state index contributed by atoms with van der Waals surface area (Å²) in [4.78, 5) is 2.69. The molecule has 4 rings (SSSR count). The smallest absolute Gasteiger partial charge is 0.428 e. The fourth-order valence-electron chi connectivity index (χ4n) is 4.04. The van der Waals surface area contributed by atoms with Crippen LogP contribution in [0.4, 0.5) is 5.69 Å². The predicted molar refractivity (Wildman–Crippen MR) is 126 cm³/mol. The molecule has 0 aromatic heterocycles. The third kappa shape index (κ3) is 3.90. The molecule has 0 fully saturated rings. The highest BCUT2D eigenvalue weighted by atomic mass is 32.2. The van der Waals surface area contributed by atoms with Crippen molar-refractivity contribution in [2.45, 2.75) is 17.2 Å². The Balaban J connectivity index is 1.83. The van der Waals surface area contributed by atoms with Gasteiger partial charge in [-0.1, -0.05) is 60.7 Å². The van der Waals surface area contributed by atoms with Crippen molar-refractivity contribution in [1.82, 2.24) is 0 Å². The number of phenols is 3. The van der Waals surface area contributed by atoms with Crippen molar-refractivity contribution in [2.75, 3.05) is 6.61 Å². The molecule has 0 aliphatic heterocycles. The second kappa shape index (κ2) is 8.67. The second-order valence-corrected chi connectivity index (χ2v) is 9.55. The third-order valence-electron chi connectivity index (χ3n) is 5.83. The Bertz CT molecular complexity index is 1500. The summed E-state index contributed by atoms with van der Waals surface area (Å²) in [7, 11) is -4.46. The normalized spacial score (nSPS) is 11.9. The molecule has 0 unspecified atom stereocenters. The van der Waals surface area contributed by atoms with Crippen LogP contribution in [0.2, 0.25) is 0 Å². The maximum atomic E-state index is 13.4. The third-order valence-corrected chi connectivity index (χ3v) is 7.14. The average molecular weight is 478 g/mol. The molecule has 0 radical (unpaired) electrons. The summed E-state index contributed by atoms with van der Waals surface area (Å²) in [5.41, 5.74) is -0.882. The Morgan fingerprint density at radius 3 is 1.88 bits per heavy atom. The Hall–Kier alpha value is -4.13. The maximum absolute atomic E-state index is 13.4. The SMILES string of the molecule is CC(COS(=O)(=O)c1cc([N+]#N)c(O)c2ccccc12)(c1ccccc1O)c1ccccc1O. The first-order chi connectivity index (χ1) is 16.2. The number of phenolic OH excluding ortho intramolecular Hbond substituents is 3. The van der Waals surface area contributed by atoms with Gasteiger partial charge in [0.25, 0.3) is 10.1 Å². The van der Waals surface area contributed by atoms with Crippen molar-refractivity contribution >= 4 is 26.6 Å². The summed E-state index contributed by atoms with van der Waals surface area (Å²) in [6, 6.07) is 20.0. The van der Waals surface area contributed by atoms with Gasteiger partial charge in [-0.05, 0) is 19.1 Å². The Kier molecular flexibility index (Phi) is 5.87. The lowest BCUT2D eigenvalue weighted by molar-refractivity contribution is 0.251. The van der Waals surface area contributed by atoms with Crippen LogP contribution in [0.1, 0.15) is 18.1 Å². The highest BCUT2D eigenvalue weighted by Crippen LogP contribution is 2.43. The molecular weight excluding hydrogens is 456 g/mol. The van der Waals surface area contributed by atoms with E-state index in [9.17, 15) is 29.1 Å². The van der Waals surface area contributed by atoms with E-state index in [0.29, 0.717) is 11.1 Å². The summed E-state index contributed by atoms with van der Waals surface area (Å²) in [5.74, 6) is -0.554.